The quantitative estimate of drug-likeness (QED) is 0.916. The van der Waals surface area contributed by atoms with Gasteiger partial charge < -0.3 is 9.84 Å². The Hall–Kier alpha value is -1.51. The van der Waals surface area contributed by atoms with Gasteiger partial charge in [-0.15, -0.1) is 0 Å². The second-order valence-corrected chi connectivity index (χ2v) is 6.71. The maximum absolute atomic E-state index is 10.5. The van der Waals surface area contributed by atoms with Gasteiger partial charge in [0.15, 0.2) is 0 Å². The van der Waals surface area contributed by atoms with Gasteiger partial charge >= 0.3 is 0 Å². The van der Waals surface area contributed by atoms with Crippen molar-refractivity contribution in [2.75, 3.05) is 6.61 Å². The van der Waals surface area contributed by atoms with Crippen molar-refractivity contribution in [3.63, 3.8) is 0 Å². The van der Waals surface area contributed by atoms with Gasteiger partial charge in [0.2, 0.25) is 0 Å². The molecule has 0 bridgehead atoms. The Labute approximate surface area is 130 Å². The number of aliphatic hydroxyl groups is 1. The molecule has 21 heavy (non-hydrogen) atoms. The van der Waals surface area contributed by atoms with Crippen molar-refractivity contribution < 1.29 is 9.84 Å². The minimum Gasteiger partial charge on any atom is -0.492 e. The van der Waals surface area contributed by atoms with E-state index in [2.05, 4.69) is 19.9 Å². The van der Waals surface area contributed by atoms with Gasteiger partial charge in [0.05, 0.1) is 12.7 Å². The summed E-state index contributed by atoms with van der Waals surface area (Å²) < 4.78 is 5.68. The molecule has 0 aliphatic carbocycles. The summed E-state index contributed by atoms with van der Waals surface area (Å²) in [5, 5.41) is 11.2. The van der Waals surface area contributed by atoms with Crippen LogP contribution < -0.4 is 4.74 Å². The molecule has 0 fully saturated rings. The van der Waals surface area contributed by atoms with Crippen molar-refractivity contribution >= 4 is 11.6 Å². The van der Waals surface area contributed by atoms with Crippen LogP contribution in [0.3, 0.4) is 0 Å². The van der Waals surface area contributed by atoms with Crippen molar-refractivity contribution in [3.8, 4) is 5.75 Å². The third kappa shape index (κ3) is 2.92. The molecule has 0 saturated heterocycles. The molecule has 3 rings (SSSR count). The summed E-state index contributed by atoms with van der Waals surface area (Å²) in [6.07, 6.45) is 0.0601. The Morgan fingerprint density at radius 2 is 1.90 bits per heavy atom. The molecule has 3 heteroatoms. The lowest BCUT2D eigenvalue weighted by molar-refractivity contribution is 0.178. The first-order chi connectivity index (χ1) is 9.95. The minimum absolute atomic E-state index is 0.00529. The van der Waals surface area contributed by atoms with E-state index in [4.69, 9.17) is 16.3 Å². The number of hydrogen-bond acceptors (Lipinski definition) is 2. The van der Waals surface area contributed by atoms with Crippen LogP contribution in [0.25, 0.3) is 0 Å². The summed E-state index contributed by atoms with van der Waals surface area (Å²) >= 11 is 5.88. The van der Waals surface area contributed by atoms with Crippen LogP contribution in [0.15, 0.2) is 42.5 Å². The number of ether oxygens (including phenoxy) is 1. The van der Waals surface area contributed by atoms with E-state index in [9.17, 15) is 5.11 Å². The lowest BCUT2D eigenvalue weighted by Crippen LogP contribution is -2.18. The number of aliphatic hydroxyl groups excluding tert-OH is 1. The highest BCUT2D eigenvalue weighted by atomic mass is 35.5. The van der Waals surface area contributed by atoms with Crippen LogP contribution >= 0.6 is 11.6 Å². The number of rotatable bonds is 3. The zero-order chi connectivity index (χ0) is 15.0. The first-order valence-corrected chi connectivity index (χ1v) is 7.53. The first-order valence-electron chi connectivity index (χ1n) is 7.15. The number of hydrogen-bond donors (Lipinski definition) is 1. The molecule has 110 valence electrons. The molecule has 1 aliphatic heterocycles. The Bertz CT molecular complexity index is 647. The fraction of sp³-hybridized carbons (Fsp3) is 0.333. The van der Waals surface area contributed by atoms with Crippen LogP contribution in [0.5, 0.6) is 5.75 Å². The molecule has 0 amide bonds. The summed E-state index contributed by atoms with van der Waals surface area (Å²) in [7, 11) is 0. The minimum atomic E-state index is -0.520. The molecule has 0 radical (unpaired) electrons. The molecule has 1 unspecified atom stereocenters. The van der Waals surface area contributed by atoms with E-state index in [0.717, 1.165) is 16.9 Å². The zero-order valence-corrected chi connectivity index (χ0v) is 13.0. The molecule has 1 N–H and O–H groups in total. The Morgan fingerprint density at radius 3 is 2.62 bits per heavy atom. The van der Waals surface area contributed by atoms with Crippen molar-refractivity contribution in [1.82, 2.24) is 0 Å². The summed E-state index contributed by atoms with van der Waals surface area (Å²) in [5.41, 5.74) is 3.19. The second-order valence-electron chi connectivity index (χ2n) is 6.27. The zero-order valence-electron chi connectivity index (χ0n) is 12.3. The molecular formula is C18H19ClO2. The van der Waals surface area contributed by atoms with Crippen LogP contribution in [-0.4, -0.2) is 11.7 Å². The van der Waals surface area contributed by atoms with Crippen molar-refractivity contribution in [2.45, 2.75) is 31.8 Å². The number of benzene rings is 2. The summed E-state index contributed by atoms with van der Waals surface area (Å²) in [6, 6.07) is 13.6. The highest BCUT2D eigenvalue weighted by Crippen LogP contribution is 2.39. The molecule has 0 aromatic heterocycles. The van der Waals surface area contributed by atoms with E-state index in [1.807, 2.05) is 36.4 Å². The third-order valence-electron chi connectivity index (χ3n) is 4.05. The molecule has 0 saturated carbocycles. The molecule has 1 aliphatic rings. The van der Waals surface area contributed by atoms with Gasteiger partial charge in [-0.25, -0.2) is 0 Å². The summed E-state index contributed by atoms with van der Waals surface area (Å²) in [5.74, 6) is 0.933. The fourth-order valence-corrected chi connectivity index (χ4v) is 2.83. The van der Waals surface area contributed by atoms with E-state index >= 15 is 0 Å². The normalized spacial score (nSPS) is 17.1. The molecule has 2 nitrogen and oxygen atoms in total. The van der Waals surface area contributed by atoms with Gasteiger partial charge in [-0.3, -0.25) is 0 Å². The van der Waals surface area contributed by atoms with E-state index in [-0.39, 0.29) is 5.41 Å². The fourth-order valence-electron chi connectivity index (χ4n) is 2.71. The van der Waals surface area contributed by atoms with Gasteiger partial charge in [-0.05, 0) is 35.4 Å². The maximum Gasteiger partial charge on any atom is 0.123 e. The Kier molecular flexibility index (Phi) is 3.68. The van der Waals surface area contributed by atoms with E-state index in [0.29, 0.717) is 18.1 Å². The van der Waals surface area contributed by atoms with E-state index in [1.54, 1.807) is 0 Å². The molecule has 1 heterocycles. The second kappa shape index (κ2) is 5.36. The monoisotopic (exact) mass is 302 g/mol. The van der Waals surface area contributed by atoms with E-state index < -0.39 is 6.10 Å². The SMILES string of the molecule is CC1(C)COc2ccc(C(O)Cc3ccc(Cl)cc3)cc21. The largest absolute Gasteiger partial charge is 0.492 e. The predicted octanol–water partition coefficient (Wildman–Crippen LogP) is 4.29. The first kappa shape index (κ1) is 14.4. The topological polar surface area (TPSA) is 29.5 Å². The lowest BCUT2D eigenvalue weighted by Gasteiger charge is -2.17. The number of fused-ring (bicyclic) bond motifs is 1. The van der Waals surface area contributed by atoms with Crippen LogP contribution in [0.2, 0.25) is 5.02 Å². The molecule has 2 aromatic carbocycles. The Balaban J connectivity index is 1.82. The van der Waals surface area contributed by atoms with Crippen molar-refractivity contribution in [1.29, 1.82) is 0 Å². The van der Waals surface area contributed by atoms with Gasteiger partial charge in [-0.1, -0.05) is 43.6 Å². The molecule has 2 aromatic rings. The van der Waals surface area contributed by atoms with Gasteiger partial charge in [0.1, 0.15) is 5.75 Å². The van der Waals surface area contributed by atoms with E-state index in [1.165, 1.54) is 5.56 Å². The molecule has 1 atom stereocenters. The summed E-state index contributed by atoms with van der Waals surface area (Å²) in [4.78, 5) is 0. The average molecular weight is 303 g/mol. The highest BCUT2D eigenvalue weighted by Gasteiger charge is 2.32. The standard InChI is InChI=1S/C18H19ClO2/c1-18(2)11-21-17-8-5-13(10-15(17)18)16(20)9-12-3-6-14(19)7-4-12/h3-8,10,16,20H,9,11H2,1-2H3. The lowest BCUT2D eigenvalue weighted by atomic mass is 9.85. The smallest absolute Gasteiger partial charge is 0.123 e. The van der Waals surface area contributed by atoms with Crippen LogP contribution in [0.1, 0.15) is 36.6 Å². The molecular weight excluding hydrogens is 284 g/mol. The van der Waals surface area contributed by atoms with Gasteiger partial charge in [-0.2, -0.15) is 0 Å². The van der Waals surface area contributed by atoms with Crippen molar-refractivity contribution in [3.05, 3.63) is 64.2 Å². The Morgan fingerprint density at radius 1 is 1.19 bits per heavy atom. The van der Waals surface area contributed by atoms with Crippen molar-refractivity contribution in [2.24, 2.45) is 0 Å². The molecule has 0 spiro atoms. The third-order valence-corrected chi connectivity index (χ3v) is 4.30. The summed E-state index contributed by atoms with van der Waals surface area (Å²) in [6.45, 7) is 5.02. The predicted molar refractivity (Wildman–Crippen MR) is 85.1 cm³/mol. The van der Waals surface area contributed by atoms with Gasteiger partial charge in [0, 0.05) is 22.4 Å². The van der Waals surface area contributed by atoms with Crippen LogP contribution in [-0.2, 0) is 11.8 Å². The van der Waals surface area contributed by atoms with Crippen LogP contribution in [0.4, 0.5) is 0 Å². The highest BCUT2D eigenvalue weighted by molar-refractivity contribution is 6.30. The van der Waals surface area contributed by atoms with Crippen LogP contribution in [0, 0.1) is 0 Å². The van der Waals surface area contributed by atoms with Gasteiger partial charge in [0.25, 0.3) is 0 Å². The maximum atomic E-state index is 10.5. The average Bonchev–Trinajstić information content (AvgIpc) is 2.77. The number of halogens is 1.